The Labute approximate surface area is 157 Å². The van der Waals surface area contributed by atoms with Crippen molar-refractivity contribution in [2.75, 3.05) is 15.1 Å². The maximum atomic E-state index is 3.65. The number of nitrogens with zero attached hydrogens (tertiary/aromatic N) is 2. The van der Waals surface area contributed by atoms with Crippen LogP contribution in [0.4, 0.5) is 28.4 Å². The fraction of sp³-hybridized carbons (Fsp3) is 0.0526. The zero-order valence-corrected chi connectivity index (χ0v) is 15.8. The van der Waals surface area contributed by atoms with E-state index in [4.69, 9.17) is 0 Å². The molecule has 0 spiro atoms. The van der Waals surface area contributed by atoms with Crippen LogP contribution < -0.4 is 15.1 Å². The first-order valence-corrected chi connectivity index (χ1v) is 9.30. The van der Waals surface area contributed by atoms with Crippen LogP contribution in [0, 0.1) is 0 Å². The highest BCUT2D eigenvalue weighted by Gasteiger charge is 2.42. The van der Waals surface area contributed by atoms with Gasteiger partial charge in [-0.05, 0) is 48.5 Å². The van der Waals surface area contributed by atoms with Gasteiger partial charge in [0.15, 0.2) is 6.29 Å². The Hall–Kier alpha value is -1.98. The van der Waals surface area contributed by atoms with E-state index in [0.717, 1.165) is 20.3 Å². The van der Waals surface area contributed by atoms with Crippen molar-refractivity contribution in [3.8, 4) is 0 Å². The monoisotopic (exact) mass is 441 g/mol. The molecular weight excluding hydrogens is 430 g/mol. The van der Waals surface area contributed by atoms with Crippen molar-refractivity contribution in [2.24, 2.45) is 0 Å². The molecule has 2 aliphatic heterocycles. The van der Waals surface area contributed by atoms with Crippen molar-refractivity contribution < 1.29 is 0 Å². The van der Waals surface area contributed by atoms with Crippen molar-refractivity contribution in [1.29, 1.82) is 0 Å². The predicted molar refractivity (Wildman–Crippen MR) is 106 cm³/mol. The van der Waals surface area contributed by atoms with Gasteiger partial charge in [0.2, 0.25) is 0 Å². The van der Waals surface area contributed by atoms with Crippen LogP contribution in [0.1, 0.15) is 0 Å². The molecule has 3 aromatic carbocycles. The van der Waals surface area contributed by atoms with Gasteiger partial charge in [-0.1, -0.05) is 50.1 Å². The number of hydrogen-bond acceptors (Lipinski definition) is 3. The highest BCUT2D eigenvalue weighted by atomic mass is 79.9. The lowest BCUT2D eigenvalue weighted by Crippen LogP contribution is -2.40. The number of hydrogen-bond donors (Lipinski definition) is 1. The number of halogens is 2. The SMILES string of the molecule is Brc1cccc(N2c3ccc(Br)cc3N3c4ccccc4NC23)c1. The van der Waals surface area contributed by atoms with Gasteiger partial charge in [-0.25, -0.2) is 0 Å². The number of para-hydroxylation sites is 2. The Morgan fingerprint density at radius 2 is 1.54 bits per heavy atom. The zero-order chi connectivity index (χ0) is 16.3. The molecule has 1 unspecified atom stereocenters. The molecule has 24 heavy (non-hydrogen) atoms. The molecule has 5 heteroatoms. The fourth-order valence-corrected chi connectivity index (χ4v) is 4.25. The third kappa shape index (κ3) is 2.01. The van der Waals surface area contributed by atoms with Crippen LogP contribution in [0.2, 0.25) is 0 Å². The third-order valence-electron chi connectivity index (χ3n) is 4.48. The topological polar surface area (TPSA) is 18.5 Å². The molecule has 2 heterocycles. The lowest BCUT2D eigenvalue weighted by molar-refractivity contribution is 0.808. The Kier molecular flexibility index (Phi) is 3.15. The molecule has 0 amide bonds. The minimum Gasteiger partial charge on any atom is -0.346 e. The van der Waals surface area contributed by atoms with Gasteiger partial charge in [0.25, 0.3) is 0 Å². The van der Waals surface area contributed by atoms with Gasteiger partial charge in [-0.15, -0.1) is 0 Å². The number of benzene rings is 3. The van der Waals surface area contributed by atoms with Crippen LogP contribution >= 0.6 is 31.9 Å². The Morgan fingerprint density at radius 3 is 2.42 bits per heavy atom. The highest BCUT2D eigenvalue weighted by molar-refractivity contribution is 9.10. The Bertz CT molecular complexity index is 957. The minimum absolute atomic E-state index is 0.0426. The van der Waals surface area contributed by atoms with E-state index in [1.807, 2.05) is 0 Å². The molecule has 0 saturated carbocycles. The van der Waals surface area contributed by atoms with Crippen molar-refractivity contribution in [3.05, 3.63) is 75.7 Å². The molecule has 0 bridgehead atoms. The summed E-state index contributed by atoms with van der Waals surface area (Å²) >= 11 is 7.21. The van der Waals surface area contributed by atoms with Crippen molar-refractivity contribution in [2.45, 2.75) is 6.29 Å². The number of anilines is 5. The molecule has 0 aromatic heterocycles. The predicted octanol–water partition coefficient (Wildman–Crippen LogP) is 6.21. The summed E-state index contributed by atoms with van der Waals surface area (Å²) in [6.07, 6.45) is 0.0426. The molecule has 0 saturated heterocycles. The molecule has 5 rings (SSSR count). The van der Waals surface area contributed by atoms with Crippen molar-refractivity contribution in [3.63, 3.8) is 0 Å². The first kappa shape index (κ1) is 14.4. The lowest BCUT2D eigenvalue weighted by atomic mass is 10.2. The quantitative estimate of drug-likeness (QED) is 0.483. The van der Waals surface area contributed by atoms with Gasteiger partial charge in [0.1, 0.15) is 0 Å². The maximum Gasteiger partial charge on any atom is 0.187 e. The van der Waals surface area contributed by atoms with E-state index >= 15 is 0 Å². The third-order valence-corrected chi connectivity index (χ3v) is 5.47. The largest absolute Gasteiger partial charge is 0.346 e. The van der Waals surface area contributed by atoms with Crippen LogP contribution in [0.25, 0.3) is 0 Å². The standard InChI is InChI=1S/C19H13Br2N3/c20-12-4-3-5-14(10-12)23-17-9-8-13(21)11-18(17)24-16-7-2-1-6-15(16)22-19(23)24/h1-11,19,22H. The molecule has 2 aliphatic rings. The molecule has 3 nitrogen and oxygen atoms in total. The van der Waals surface area contributed by atoms with E-state index in [9.17, 15) is 0 Å². The summed E-state index contributed by atoms with van der Waals surface area (Å²) < 4.78 is 2.16. The molecule has 0 fully saturated rings. The Morgan fingerprint density at radius 1 is 0.708 bits per heavy atom. The van der Waals surface area contributed by atoms with Crippen molar-refractivity contribution in [1.82, 2.24) is 0 Å². The number of fused-ring (bicyclic) bond motifs is 5. The van der Waals surface area contributed by atoms with Crippen LogP contribution in [0.5, 0.6) is 0 Å². The first-order valence-electron chi connectivity index (χ1n) is 7.71. The van der Waals surface area contributed by atoms with E-state index in [1.54, 1.807) is 0 Å². The number of nitrogens with one attached hydrogen (secondary N) is 1. The van der Waals surface area contributed by atoms with E-state index < -0.39 is 0 Å². The molecule has 0 radical (unpaired) electrons. The molecule has 1 N–H and O–H groups in total. The van der Waals surface area contributed by atoms with E-state index in [2.05, 4.69) is 114 Å². The van der Waals surface area contributed by atoms with Crippen LogP contribution in [-0.4, -0.2) is 6.29 Å². The van der Waals surface area contributed by atoms with E-state index in [1.165, 1.54) is 17.1 Å². The molecule has 118 valence electrons. The maximum absolute atomic E-state index is 3.65. The van der Waals surface area contributed by atoms with Crippen LogP contribution in [0.3, 0.4) is 0 Å². The molecule has 3 aromatic rings. The second-order valence-corrected chi connectivity index (χ2v) is 7.72. The summed E-state index contributed by atoms with van der Waals surface area (Å²) in [6.45, 7) is 0. The Balaban J connectivity index is 1.74. The van der Waals surface area contributed by atoms with Gasteiger partial charge < -0.3 is 10.2 Å². The second kappa shape index (κ2) is 5.26. The normalized spacial score (nSPS) is 17.3. The average molecular weight is 443 g/mol. The lowest BCUT2D eigenvalue weighted by Gasteiger charge is -2.27. The van der Waals surface area contributed by atoms with Crippen molar-refractivity contribution >= 4 is 60.3 Å². The summed E-state index contributed by atoms with van der Waals surface area (Å²) in [5.74, 6) is 0. The summed E-state index contributed by atoms with van der Waals surface area (Å²) in [6, 6.07) is 23.3. The second-order valence-electron chi connectivity index (χ2n) is 5.89. The average Bonchev–Trinajstić information content (AvgIpc) is 3.09. The van der Waals surface area contributed by atoms with Gasteiger partial charge in [-0.3, -0.25) is 4.90 Å². The summed E-state index contributed by atoms with van der Waals surface area (Å²) in [5.41, 5.74) is 5.92. The van der Waals surface area contributed by atoms with Crippen LogP contribution in [-0.2, 0) is 0 Å². The fourth-order valence-electron chi connectivity index (χ4n) is 3.51. The van der Waals surface area contributed by atoms with Gasteiger partial charge in [0, 0.05) is 14.6 Å². The van der Waals surface area contributed by atoms with Gasteiger partial charge >= 0.3 is 0 Å². The van der Waals surface area contributed by atoms with Gasteiger partial charge in [0.05, 0.1) is 22.7 Å². The van der Waals surface area contributed by atoms with E-state index in [0.29, 0.717) is 0 Å². The molecule has 1 atom stereocenters. The zero-order valence-electron chi connectivity index (χ0n) is 12.6. The first-order chi connectivity index (χ1) is 11.7. The molecular formula is C19H13Br2N3. The minimum atomic E-state index is 0.0426. The van der Waals surface area contributed by atoms with Gasteiger partial charge in [-0.2, -0.15) is 0 Å². The van der Waals surface area contributed by atoms with Crippen LogP contribution in [0.15, 0.2) is 75.7 Å². The van der Waals surface area contributed by atoms with E-state index in [-0.39, 0.29) is 6.29 Å². The highest BCUT2D eigenvalue weighted by Crippen LogP contribution is 2.53. The summed E-state index contributed by atoms with van der Waals surface area (Å²) in [7, 11) is 0. The summed E-state index contributed by atoms with van der Waals surface area (Å²) in [4.78, 5) is 4.70. The smallest absolute Gasteiger partial charge is 0.187 e. The molecule has 0 aliphatic carbocycles. The number of rotatable bonds is 1. The summed E-state index contributed by atoms with van der Waals surface area (Å²) in [5, 5.41) is 3.65.